The molecule has 1 aromatic carbocycles. The lowest BCUT2D eigenvalue weighted by Crippen LogP contribution is -2.16. The van der Waals surface area contributed by atoms with Crippen molar-refractivity contribution in [1.82, 2.24) is 4.98 Å². The van der Waals surface area contributed by atoms with Crippen molar-refractivity contribution in [1.29, 1.82) is 0 Å². The van der Waals surface area contributed by atoms with Crippen molar-refractivity contribution in [2.45, 2.75) is 11.9 Å². The second-order valence-electron chi connectivity index (χ2n) is 6.67. The van der Waals surface area contributed by atoms with Gasteiger partial charge in [0.25, 0.3) is 0 Å². The Morgan fingerprint density at radius 2 is 2.00 bits per heavy atom. The van der Waals surface area contributed by atoms with E-state index in [9.17, 15) is 14.4 Å². The summed E-state index contributed by atoms with van der Waals surface area (Å²) in [6, 6.07) is 11.8. The number of thiophene rings is 1. The smallest absolute Gasteiger partial charge is 0.341 e. The summed E-state index contributed by atoms with van der Waals surface area (Å²) in [5, 5.41) is 3.11. The first-order valence-corrected chi connectivity index (χ1v) is 11.3. The monoisotopic (exact) mass is 470 g/mol. The number of hydrogen-bond donors (Lipinski definition) is 1. The molecule has 32 heavy (non-hydrogen) atoms. The number of fused-ring (bicyclic) bond motifs is 1. The van der Waals surface area contributed by atoms with Gasteiger partial charge in [-0.05, 0) is 43.3 Å². The number of ketones is 1. The minimum Gasteiger partial charge on any atom is -0.454 e. The van der Waals surface area contributed by atoms with Crippen LogP contribution in [0.2, 0.25) is 0 Å². The zero-order chi connectivity index (χ0) is 22.5. The highest BCUT2D eigenvalue weighted by molar-refractivity contribution is 8.00. The fourth-order valence-electron chi connectivity index (χ4n) is 2.83. The van der Waals surface area contributed by atoms with Crippen molar-refractivity contribution in [2.75, 3.05) is 24.5 Å². The Morgan fingerprint density at radius 1 is 1.16 bits per heavy atom. The van der Waals surface area contributed by atoms with Gasteiger partial charge in [-0.1, -0.05) is 11.8 Å². The summed E-state index contributed by atoms with van der Waals surface area (Å²) in [6.45, 7) is 1.69. The molecule has 1 N–H and O–H groups in total. The third-order valence-corrected chi connectivity index (χ3v) is 6.38. The van der Waals surface area contributed by atoms with Crippen molar-refractivity contribution in [3.8, 4) is 11.5 Å². The molecule has 1 aliphatic heterocycles. The Kier molecular flexibility index (Phi) is 6.72. The van der Waals surface area contributed by atoms with Crippen molar-refractivity contribution >= 4 is 46.4 Å². The second-order valence-corrected chi connectivity index (χ2v) is 8.92. The van der Waals surface area contributed by atoms with Crippen LogP contribution in [-0.2, 0) is 9.53 Å². The van der Waals surface area contributed by atoms with Crippen LogP contribution in [0, 0.1) is 6.92 Å². The van der Waals surface area contributed by atoms with Crippen LogP contribution in [0.5, 0.6) is 11.5 Å². The molecule has 164 valence electrons. The number of aryl methyl sites for hydroxylation is 1. The SMILES string of the molecule is Cc1ccc(C(=O)COC(=O)c2cccnc2SCC(=O)Nc2ccc3c(c2)OCO3)s1. The molecular weight excluding hydrogens is 452 g/mol. The number of Topliss-reactive ketones (excluding diaryl/α,β-unsaturated/α-hetero) is 1. The molecule has 1 amide bonds. The predicted molar refractivity (Wildman–Crippen MR) is 120 cm³/mol. The van der Waals surface area contributed by atoms with Gasteiger partial charge in [0.05, 0.1) is 16.2 Å². The molecule has 2 aromatic heterocycles. The molecule has 0 fully saturated rings. The second kappa shape index (κ2) is 9.84. The van der Waals surface area contributed by atoms with E-state index >= 15 is 0 Å². The summed E-state index contributed by atoms with van der Waals surface area (Å²) in [5.74, 6) is 0.0105. The number of carbonyl (C=O) groups excluding carboxylic acids is 3. The zero-order valence-corrected chi connectivity index (χ0v) is 18.6. The first-order valence-electron chi connectivity index (χ1n) is 9.53. The summed E-state index contributed by atoms with van der Waals surface area (Å²) in [6.07, 6.45) is 1.52. The summed E-state index contributed by atoms with van der Waals surface area (Å²) in [7, 11) is 0. The molecule has 3 heterocycles. The number of aromatic nitrogens is 1. The molecule has 0 bridgehead atoms. The third kappa shape index (κ3) is 5.27. The highest BCUT2D eigenvalue weighted by atomic mass is 32.2. The summed E-state index contributed by atoms with van der Waals surface area (Å²) >= 11 is 2.45. The minimum absolute atomic E-state index is 0.0269. The van der Waals surface area contributed by atoms with E-state index in [4.69, 9.17) is 14.2 Å². The van der Waals surface area contributed by atoms with Crippen LogP contribution in [0.1, 0.15) is 24.9 Å². The number of nitrogens with one attached hydrogen (secondary N) is 1. The molecule has 4 rings (SSSR count). The number of nitrogens with zero attached hydrogens (tertiary/aromatic N) is 1. The molecule has 10 heteroatoms. The molecule has 0 saturated carbocycles. The number of amides is 1. The van der Waals surface area contributed by atoms with E-state index in [-0.39, 0.29) is 36.4 Å². The number of pyridine rings is 1. The lowest BCUT2D eigenvalue weighted by molar-refractivity contribution is -0.113. The number of ether oxygens (including phenoxy) is 3. The van der Waals surface area contributed by atoms with Gasteiger partial charge in [-0.2, -0.15) is 0 Å². The fourth-order valence-corrected chi connectivity index (χ4v) is 4.40. The Labute approximate surface area is 191 Å². The third-order valence-electron chi connectivity index (χ3n) is 4.34. The first kappa shape index (κ1) is 21.8. The van der Waals surface area contributed by atoms with Gasteiger partial charge in [0.2, 0.25) is 18.5 Å². The Balaban J connectivity index is 1.33. The van der Waals surface area contributed by atoms with Crippen LogP contribution >= 0.6 is 23.1 Å². The van der Waals surface area contributed by atoms with Crippen molar-refractivity contribution in [3.63, 3.8) is 0 Å². The Bertz CT molecular complexity index is 1180. The molecule has 0 atom stereocenters. The first-order chi connectivity index (χ1) is 15.5. The van der Waals surface area contributed by atoms with E-state index in [1.165, 1.54) is 17.5 Å². The number of carbonyl (C=O) groups is 3. The molecule has 0 spiro atoms. The maximum atomic E-state index is 12.5. The number of benzene rings is 1. The average Bonchev–Trinajstić information content (AvgIpc) is 3.44. The van der Waals surface area contributed by atoms with Crippen molar-refractivity contribution < 1.29 is 28.6 Å². The van der Waals surface area contributed by atoms with Crippen LogP contribution in [0.3, 0.4) is 0 Å². The van der Waals surface area contributed by atoms with Gasteiger partial charge in [-0.15, -0.1) is 11.3 Å². The molecule has 1 aliphatic rings. The van der Waals surface area contributed by atoms with Gasteiger partial charge in [-0.25, -0.2) is 9.78 Å². The van der Waals surface area contributed by atoms with E-state index in [0.717, 1.165) is 16.6 Å². The Morgan fingerprint density at radius 3 is 2.81 bits per heavy atom. The van der Waals surface area contributed by atoms with Gasteiger partial charge in [0.1, 0.15) is 5.03 Å². The number of anilines is 1. The standard InChI is InChI=1S/C22H18N2O6S2/c1-13-4-7-19(32-13)16(25)10-28-22(27)15-3-2-8-23-21(15)31-11-20(26)24-14-5-6-17-18(9-14)30-12-29-17/h2-9H,10-12H2,1H3,(H,24,26). The fraction of sp³-hybridized carbons (Fsp3) is 0.182. The lowest BCUT2D eigenvalue weighted by Gasteiger charge is -2.09. The van der Waals surface area contributed by atoms with Gasteiger partial charge >= 0.3 is 5.97 Å². The average molecular weight is 471 g/mol. The molecule has 0 aliphatic carbocycles. The van der Waals surface area contributed by atoms with Gasteiger partial charge in [0.15, 0.2) is 18.1 Å². The lowest BCUT2D eigenvalue weighted by atomic mass is 10.3. The Hall–Kier alpha value is -3.37. The van der Waals surface area contributed by atoms with Crippen LogP contribution < -0.4 is 14.8 Å². The quantitative estimate of drug-likeness (QED) is 0.300. The number of hydrogen-bond acceptors (Lipinski definition) is 9. The maximum Gasteiger partial charge on any atom is 0.341 e. The largest absolute Gasteiger partial charge is 0.454 e. The highest BCUT2D eigenvalue weighted by Gasteiger charge is 2.19. The normalized spacial score (nSPS) is 11.8. The van der Waals surface area contributed by atoms with Gasteiger partial charge in [-0.3, -0.25) is 9.59 Å². The van der Waals surface area contributed by atoms with Crippen molar-refractivity contribution in [3.05, 3.63) is 64.0 Å². The van der Waals surface area contributed by atoms with E-state index in [1.807, 2.05) is 13.0 Å². The van der Waals surface area contributed by atoms with Gasteiger partial charge in [0, 0.05) is 22.8 Å². The molecule has 8 nitrogen and oxygen atoms in total. The van der Waals surface area contributed by atoms with Crippen LogP contribution in [0.15, 0.2) is 53.7 Å². The molecular formula is C22H18N2O6S2. The number of esters is 1. The van der Waals surface area contributed by atoms with E-state index in [0.29, 0.717) is 27.1 Å². The van der Waals surface area contributed by atoms with Crippen molar-refractivity contribution in [2.24, 2.45) is 0 Å². The highest BCUT2D eigenvalue weighted by Crippen LogP contribution is 2.34. The van der Waals surface area contributed by atoms with Gasteiger partial charge < -0.3 is 19.5 Å². The van der Waals surface area contributed by atoms with E-state index in [1.54, 1.807) is 36.4 Å². The number of rotatable bonds is 8. The maximum absolute atomic E-state index is 12.5. The molecule has 0 saturated heterocycles. The summed E-state index contributed by atoms with van der Waals surface area (Å²) in [5.41, 5.74) is 0.770. The summed E-state index contributed by atoms with van der Waals surface area (Å²) < 4.78 is 15.7. The van der Waals surface area contributed by atoms with Crippen LogP contribution in [0.25, 0.3) is 0 Å². The summed E-state index contributed by atoms with van der Waals surface area (Å²) in [4.78, 5) is 42.7. The molecule has 0 unspecified atom stereocenters. The predicted octanol–water partition coefficient (Wildman–Crippen LogP) is 3.95. The van der Waals surface area contributed by atoms with E-state index in [2.05, 4.69) is 10.3 Å². The number of thioether (sulfide) groups is 1. The van der Waals surface area contributed by atoms with Crippen LogP contribution in [-0.4, -0.2) is 41.8 Å². The topological polar surface area (TPSA) is 104 Å². The zero-order valence-electron chi connectivity index (χ0n) is 17.0. The van der Waals surface area contributed by atoms with E-state index < -0.39 is 5.97 Å². The minimum atomic E-state index is -0.668. The molecule has 3 aromatic rings. The van der Waals surface area contributed by atoms with Crippen LogP contribution in [0.4, 0.5) is 5.69 Å². The molecule has 0 radical (unpaired) electrons.